The highest BCUT2D eigenvalue weighted by molar-refractivity contribution is 5.98. The lowest BCUT2D eigenvalue weighted by Crippen LogP contribution is -2.29. The van der Waals surface area contributed by atoms with Crippen molar-refractivity contribution in [1.82, 2.24) is 9.78 Å². The van der Waals surface area contributed by atoms with Crippen molar-refractivity contribution in [2.75, 3.05) is 5.32 Å². The first-order valence-electron chi connectivity index (χ1n) is 9.82. The van der Waals surface area contributed by atoms with E-state index in [4.69, 9.17) is 4.74 Å². The second-order valence-corrected chi connectivity index (χ2v) is 7.01. The first kappa shape index (κ1) is 22.4. The fraction of sp³-hybridized carbons (Fsp3) is 0.174. The summed E-state index contributed by atoms with van der Waals surface area (Å²) in [6.45, 7) is 5.11. The van der Waals surface area contributed by atoms with E-state index in [1.165, 1.54) is 31.2 Å². The first-order valence-corrected chi connectivity index (χ1v) is 9.82. The third-order valence-electron chi connectivity index (χ3n) is 4.75. The minimum absolute atomic E-state index is 0.0283. The summed E-state index contributed by atoms with van der Waals surface area (Å²) in [6, 6.07) is 15.3. The Labute approximate surface area is 184 Å². The molecular weight excluding hydrogens is 412 g/mol. The molecule has 0 aliphatic heterocycles. The Balaban J connectivity index is 1.66. The molecule has 9 nitrogen and oxygen atoms in total. The minimum atomic E-state index is -1.15. The molecule has 0 bridgehead atoms. The van der Waals surface area contributed by atoms with Crippen molar-refractivity contribution in [3.63, 3.8) is 0 Å². The van der Waals surface area contributed by atoms with Gasteiger partial charge in [-0.25, -0.2) is 9.48 Å². The van der Waals surface area contributed by atoms with Crippen LogP contribution in [0.4, 0.5) is 11.4 Å². The molecule has 0 aliphatic carbocycles. The average Bonchev–Trinajstić information content (AvgIpc) is 3.06. The highest BCUT2D eigenvalue weighted by atomic mass is 16.6. The smallest absolute Gasteiger partial charge is 0.331 e. The van der Waals surface area contributed by atoms with Gasteiger partial charge in [-0.3, -0.25) is 14.9 Å². The number of anilines is 1. The Hall–Kier alpha value is -4.27. The highest BCUT2D eigenvalue weighted by Gasteiger charge is 2.21. The number of nitrogens with one attached hydrogen (secondary N) is 1. The van der Waals surface area contributed by atoms with Crippen LogP contribution >= 0.6 is 0 Å². The second-order valence-electron chi connectivity index (χ2n) is 7.01. The summed E-state index contributed by atoms with van der Waals surface area (Å²) in [5.74, 6) is -1.40. The topological polar surface area (TPSA) is 116 Å². The molecule has 0 aliphatic rings. The van der Waals surface area contributed by atoms with Gasteiger partial charge < -0.3 is 10.1 Å². The van der Waals surface area contributed by atoms with Gasteiger partial charge in [0.15, 0.2) is 6.10 Å². The molecular formula is C23H22N4O5. The number of nitro benzene ring substituents is 1. The monoisotopic (exact) mass is 434 g/mol. The van der Waals surface area contributed by atoms with Gasteiger partial charge in [-0.2, -0.15) is 5.10 Å². The van der Waals surface area contributed by atoms with Crippen molar-refractivity contribution in [2.45, 2.75) is 26.9 Å². The van der Waals surface area contributed by atoms with Crippen LogP contribution in [0, 0.1) is 24.0 Å². The minimum Gasteiger partial charge on any atom is -0.449 e. The van der Waals surface area contributed by atoms with Gasteiger partial charge in [0.1, 0.15) is 5.69 Å². The van der Waals surface area contributed by atoms with Crippen LogP contribution in [-0.2, 0) is 14.3 Å². The molecule has 1 amide bonds. The van der Waals surface area contributed by atoms with Crippen molar-refractivity contribution < 1.29 is 19.2 Å². The summed E-state index contributed by atoms with van der Waals surface area (Å²) < 4.78 is 6.92. The number of aryl methyl sites for hydroxylation is 1. The summed E-state index contributed by atoms with van der Waals surface area (Å²) in [5, 5.41) is 18.0. The van der Waals surface area contributed by atoms with Crippen LogP contribution in [0.1, 0.15) is 23.9 Å². The van der Waals surface area contributed by atoms with Gasteiger partial charge in [0.05, 0.1) is 16.3 Å². The summed E-state index contributed by atoms with van der Waals surface area (Å²) in [5.41, 5.74) is 3.03. The Morgan fingerprint density at radius 3 is 2.47 bits per heavy atom. The van der Waals surface area contributed by atoms with Crippen molar-refractivity contribution in [2.24, 2.45) is 0 Å². The molecule has 1 aromatic heterocycles. The second kappa shape index (κ2) is 9.69. The fourth-order valence-corrected chi connectivity index (χ4v) is 3.11. The number of carbonyl (C=O) groups excluding carboxylic acids is 2. The van der Waals surface area contributed by atoms with E-state index in [-0.39, 0.29) is 11.4 Å². The number of rotatable bonds is 7. The zero-order valence-electron chi connectivity index (χ0n) is 17.8. The number of para-hydroxylation sites is 3. The van der Waals surface area contributed by atoms with Crippen LogP contribution in [0.15, 0.2) is 60.7 Å². The fourth-order valence-electron chi connectivity index (χ4n) is 3.11. The molecule has 32 heavy (non-hydrogen) atoms. The van der Waals surface area contributed by atoms with E-state index in [9.17, 15) is 19.7 Å². The summed E-state index contributed by atoms with van der Waals surface area (Å²) in [6.07, 6.45) is 1.66. The highest BCUT2D eigenvalue weighted by Crippen LogP contribution is 2.23. The van der Waals surface area contributed by atoms with Crippen LogP contribution < -0.4 is 5.32 Å². The van der Waals surface area contributed by atoms with Gasteiger partial charge in [0.2, 0.25) is 0 Å². The van der Waals surface area contributed by atoms with E-state index in [2.05, 4.69) is 10.4 Å². The third-order valence-corrected chi connectivity index (χ3v) is 4.75. The van der Waals surface area contributed by atoms with Gasteiger partial charge in [-0.05, 0) is 45.0 Å². The van der Waals surface area contributed by atoms with Crippen molar-refractivity contribution in [3.05, 3.63) is 87.7 Å². The SMILES string of the molecule is Cc1nn(-c2ccccc2)c(C)c1C=CC(=O)OC(C)C(=O)Nc1ccccc1[N+](=O)[O-]. The summed E-state index contributed by atoms with van der Waals surface area (Å²) >= 11 is 0. The lowest BCUT2D eigenvalue weighted by atomic mass is 10.2. The lowest BCUT2D eigenvalue weighted by molar-refractivity contribution is -0.383. The predicted octanol–water partition coefficient (Wildman–Crippen LogP) is 3.98. The van der Waals surface area contributed by atoms with Gasteiger partial charge >= 0.3 is 5.97 Å². The predicted molar refractivity (Wildman–Crippen MR) is 119 cm³/mol. The maximum absolute atomic E-state index is 12.3. The Bertz CT molecular complexity index is 1180. The molecule has 0 saturated carbocycles. The van der Waals surface area contributed by atoms with Crippen LogP contribution in [0.5, 0.6) is 0 Å². The molecule has 0 radical (unpaired) electrons. The van der Waals surface area contributed by atoms with Crippen molar-refractivity contribution >= 4 is 29.3 Å². The number of aromatic nitrogens is 2. The summed E-state index contributed by atoms with van der Waals surface area (Å²) in [4.78, 5) is 35.0. The number of nitrogens with zero attached hydrogens (tertiary/aromatic N) is 3. The maximum atomic E-state index is 12.3. The standard InChI is InChI=1S/C23H22N4O5/c1-15-19(16(2)26(25-15)18-9-5-4-6-10-18)13-14-22(28)32-17(3)23(29)24-20-11-7-8-12-21(20)27(30)31/h4-14,17H,1-3H3,(H,24,29). The molecule has 0 spiro atoms. The molecule has 1 N–H and O–H groups in total. The number of amides is 1. The van der Waals surface area contributed by atoms with Crippen LogP contribution in [0.2, 0.25) is 0 Å². The van der Waals surface area contributed by atoms with E-state index >= 15 is 0 Å². The number of hydrogen-bond donors (Lipinski definition) is 1. The molecule has 1 unspecified atom stereocenters. The normalized spacial score (nSPS) is 11.8. The third kappa shape index (κ3) is 5.07. The summed E-state index contributed by atoms with van der Waals surface area (Å²) in [7, 11) is 0. The Morgan fingerprint density at radius 2 is 1.78 bits per heavy atom. The number of hydrogen-bond acceptors (Lipinski definition) is 6. The number of carbonyl (C=O) groups is 2. The molecule has 0 fully saturated rings. The van der Waals surface area contributed by atoms with E-state index < -0.39 is 22.9 Å². The zero-order chi connectivity index (χ0) is 23.3. The van der Waals surface area contributed by atoms with E-state index in [1.807, 2.05) is 44.2 Å². The quantitative estimate of drug-likeness (QED) is 0.260. The molecule has 9 heteroatoms. The Kier molecular flexibility index (Phi) is 6.79. The average molecular weight is 434 g/mol. The van der Waals surface area contributed by atoms with Gasteiger partial charge in [0, 0.05) is 23.4 Å². The van der Waals surface area contributed by atoms with Crippen molar-refractivity contribution in [3.8, 4) is 5.69 Å². The van der Waals surface area contributed by atoms with Crippen LogP contribution in [-0.4, -0.2) is 32.7 Å². The molecule has 0 saturated heterocycles. The van der Waals surface area contributed by atoms with Crippen LogP contribution in [0.3, 0.4) is 0 Å². The van der Waals surface area contributed by atoms with E-state index in [0.717, 1.165) is 22.6 Å². The largest absolute Gasteiger partial charge is 0.449 e. The molecule has 3 aromatic rings. The number of nitro groups is 1. The maximum Gasteiger partial charge on any atom is 0.331 e. The van der Waals surface area contributed by atoms with E-state index in [1.54, 1.807) is 16.8 Å². The molecule has 1 heterocycles. The van der Waals surface area contributed by atoms with Crippen molar-refractivity contribution in [1.29, 1.82) is 0 Å². The zero-order valence-corrected chi connectivity index (χ0v) is 17.8. The van der Waals surface area contributed by atoms with Gasteiger partial charge in [0.25, 0.3) is 11.6 Å². The Morgan fingerprint density at radius 1 is 1.12 bits per heavy atom. The first-order chi connectivity index (χ1) is 15.3. The van der Waals surface area contributed by atoms with E-state index in [0.29, 0.717) is 0 Å². The molecule has 2 aromatic carbocycles. The number of ether oxygens (including phenoxy) is 1. The van der Waals surface area contributed by atoms with Crippen LogP contribution in [0.25, 0.3) is 11.8 Å². The molecule has 1 atom stereocenters. The van der Waals surface area contributed by atoms with Gasteiger partial charge in [-0.1, -0.05) is 30.3 Å². The lowest BCUT2D eigenvalue weighted by Gasteiger charge is -2.12. The molecule has 3 rings (SSSR count). The molecule has 164 valence electrons. The number of benzene rings is 2. The number of esters is 1. The van der Waals surface area contributed by atoms with Gasteiger partial charge in [-0.15, -0.1) is 0 Å².